The quantitative estimate of drug-likeness (QED) is 0.908. The van der Waals surface area contributed by atoms with Crippen LogP contribution in [0.2, 0.25) is 0 Å². The molecule has 1 amide bonds. The van der Waals surface area contributed by atoms with Crippen LogP contribution in [0.4, 0.5) is 0 Å². The van der Waals surface area contributed by atoms with Gasteiger partial charge in [-0.25, -0.2) is 0 Å². The maximum atomic E-state index is 12.0. The number of amides is 1. The lowest BCUT2D eigenvalue weighted by atomic mass is 10.0. The number of nitrogens with one attached hydrogen (secondary N) is 2. The van der Waals surface area contributed by atoms with Crippen molar-refractivity contribution in [1.29, 1.82) is 0 Å². The van der Waals surface area contributed by atoms with Gasteiger partial charge in [-0.1, -0.05) is 6.92 Å². The van der Waals surface area contributed by atoms with Crippen molar-refractivity contribution in [2.24, 2.45) is 5.92 Å². The molecule has 0 saturated carbocycles. The average Bonchev–Trinajstić information content (AvgIpc) is 3.12. The number of aryl methyl sites for hydroxylation is 2. The molecule has 1 aromatic heterocycles. The van der Waals surface area contributed by atoms with E-state index in [1.807, 2.05) is 0 Å². The topological polar surface area (TPSA) is 54.1 Å². The van der Waals surface area contributed by atoms with E-state index in [-0.39, 0.29) is 11.8 Å². The van der Waals surface area contributed by atoms with Crippen molar-refractivity contribution in [2.45, 2.75) is 33.2 Å². The predicted octanol–water partition coefficient (Wildman–Crippen LogP) is 2.69. The Bertz CT molecular complexity index is 654. The third kappa shape index (κ3) is 2.95. The first-order valence-electron chi connectivity index (χ1n) is 7.64. The third-order valence-electron chi connectivity index (χ3n) is 4.27. The summed E-state index contributed by atoms with van der Waals surface area (Å²) in [7, 11) is 0. The minimum Gasteiger partial charge on any atom is -0.381 e. The second-order valence-electron chi connectivity index (χ2n) is 5.79. The molecule has 0 radical (unpaired) electrons. The highest BCUT2D eigenvalue weighted by molar-refractivity contribution is 5.83. The summed E-state index contributed by atoms with van der Waals surface area (Å²) in [6.07, 6.45) is 1.87. The van der Waals surface area contributed by atoms with Crippen LogP contribution in [0.3, 0.4) is 0 Å². The largest absolute Gasteiger partial charge is 0.381 e. The zero-order valence-electron chi connectivity index (χ0n) is 12.7. The van der Waals surface area contributed by atoms with Gasteiger partial charge in [0.15, 0.2) is 0 Å². The Morgan fingerprint density at radius 3 is 3.00 bits per heavy atom. The molecule has 112 valence electrons. The van der Waals surface area contributed by atoms with E-state index in [1.165, 1.54) is 16.5 Å². The Hall–Kier alpha value is -1.81. The normalized spacial score (nSPS) is 18.3. The summed E-state index contributed by atoms with van der Waals surface area (Å²) in [5, 5.41) is 4.20. The summed E-state index contributed by atoms with van der Waals surface area (Å²) in [5.41, 5.74) is 4.88. The summed E-state index contributed by atoms with van der Waals surface area (Å²) in [6.45, 7) is 6.11. The third-order valence-corrected chi connectivity index (χ3v) is 4.27. The Morgan fingerprint density at radius 1 is 1.43 bits per heavy atom. The summed E-state index contributed by atoms with van der Waals surface area (Å²) in [4.78, 5) is 15.4. The summed E-state index contributed by atoms with van der Waals surface area (Å²) >= 11 is 0. The lowest BCUT2D eigenvalue weighted by Crippen LogP contribution is -2.30. The second-order valence-corrected chi connectivity index (χ2v) is 5.79. The van der Waals surface area contributed by atoms with Gasteiger partial charge in [-0.3, -0.25) is 4.79 Å². The highest BCUT2D eigenvalue weighted by Gasteiger charge is 2.23. The zero-order valence-corrected chi connectivity index (χ0v) is 12.7. The van der Waals surface area contributed by atoms with E-state index < -0.39 is 0 Å². The predicted molar refractivity (Wildman–Crippen MR) is 83.2 cm³/mol. The van der Waals surface area contributed by atoms with Gasteiger partial charge in [-0.2, -0.15) is 0 Å². The fourth-order valence-corrected chi connectivity index (χ4v) is 2.94. The highest BCUT2D eigenvalue weighted by atomic mass is 16.5. The molecule has 21 heavy (non-hydrogen) atoms. The number of aromatic nitrogens is 1. The molecule has 0 bridgehead atoms. The lowest BCUT2D eigenvalue weighted by molar-refractivity contribution is -0.125. The molecule has 1 saturated heterocycles. The molecule has 1 aromatic carbocycles. The van der Waals surface area contributed by atoms with Crippen molar-refractivity contribution in [2.75, 3.05) is 13.2 Å². The Balaban J connectivity index is 1.71. The first-order valence-corrected chi connectivity index (χ1v) is 7.64. The molecule has 4 heteroatoms. The molecule has 1 aliphatic rings. The standard InChI is InChI=1S/C17H22N2O2/c1-3-12-8-16-14(6-11(12)2)7-15(19-16)9-18-17(20)13-4-5-21-10-13/h6-8,13,19H,3-5,9-10H2,1-2H3,(H,18,20). The van der Waals surface area contributed by atoms with Crippen molar-refractivity contribution in [1.82, 2.24) is 10.3 Å². The van der Waals surface area contributed by atoms with Crippen LogP contribution in [-0.2, 0) is 22.5 Å². The Kier molecular flexibility index (Phi) is 3.97. The minimum absolute atomic E-state index is 0.0170. The molecule has 0 spiro atoms. The summed E-state index contributed by atoms with van der Waals surface area (Å²) in [5.74, 6) is 0.111. The first kappa shape index (κ1) is 14.1. The van der Waals surface area contributed by atoms with Crippen LogP contribution >= 0.6 is 0 Å². The number of rotatable bonds is 4. The van der Waals surface area contributed by atoms with Gasteiger partial charge in [0.25, 0.3) is 0 Å². The number of carbonyl (C=O) groups is 1. The van der Waals surface area contributed by atoms with Gasteiger partial charge in [-0.05, 0) is 54.5 Å². The second kappa shape index (κ2) is 5.90. The van der Waals surface area contributed by atoms with Crippen LogP contribution in [0.5, 0.6) is 0 Å². The van der Waals surface area contributed by atoms with Crippen molar-refractivity contribution in [3.8, 4) is 0 Å². The smallest absolute Gasteiger partial charge is 0.225 e. The van der Waals surface area contributed by atoms with Gasteiger partial charge in [0.1, 0.15) is 0 Å². The van der Waals surface area contributed by atoms with E-state index in [1.54, 1.807) is 0 Å². The van der Waals surface area contributed by atoms with Crippen molar-refractivity contribution >= 4 is 16.8 Å². The van der Waals surface area contributed by atoms with Crippen LogP contribution in [0.1, 0.15) is 30.2 Å². The van der Waals surface area contributed by atoms with Gasteiger partial charge < -0.3 is 15.0 Å². The first-order chi connectivity index (χ1) is 10.2. The molecule has 2 heterocycles. The van der Waals surface area contributed by atoms with Gasteiger partial charge in [0, 0.05) is 17.8 Å². The summed E-state index contributed by atoms with van der Waals surface area (Å²) in [6, 6.07) is 6.54. The number of fused-ring (bicyclic) bond motifs is 1. The molecular weight excluding hydrogens is 264 g/mol. The fraction of sp³-hybridized carbons (Fsp3) is 0.471. The van der Waals surface area contributed by atoms with Crippen molar-refractivity contribution in [3.63, 3.8) is 0 Å². The van der Waals surface area contributed by atoms with E-state index in [0.29, 0.717) is 19.8 Å². The molecule has 2 N–H and O–H groups in total. The van der Waals surface area contributed by atoms with Gasteiger partial charge in [-0.15, -0.1) is 0 Å². The van der Waals surface area contributed by atoms with Crippen LogP contribution in [0, 0.1) is 12.8 Å². The molecule has 2 aromatic rings. The van der Waals surface area contributed by atoms with Gasteiger partial charge in [0.05, 0.1) is 19.1 Å². The van der Waals surface area contributed by atoms with E-state index in [4.69, 9.17) is 4.74 Å². The number of aromatic amines is 1. The number of hydrogen-bond acceptors (Lipinski definition) is 2. The number of H-pyrrole nitrogens is 1. The Labute approximate surface area is 124 Å². The zero-order chi connectivity index (χ0) is 14.8. The number of carbonyl (C=O) groups excluding carboxylic acids is 1. The minimum atomic E-state index is 0.0170. The molecule has 3 rings (SSSR count). The highest BCUT2D eigenvalue weighted by Crippen LogP contribution is 2.21. The molecule has 4 nitrogen and oxygen atoms in total. The number of hydrogen-bond donors (Lipinski definition) is 2. The van der Waals surface area contributed by atoms with Crippen molar-refractivity contribution in [3.05, 3.63) is 35.0 Å². The van der Waals surface area contributed by atoms with Gasteiger partial charge >= 0.3 is 0 Å². The van der Waals surface area contributed by atoms with Crippen LogP contribution in [-0.4, -0.2) is 24.1 Å². The average molecular weight is 286 g/mol. The number of benzene rings is 1. The maximum Gasteiger partial charge on any atom is 0.225 e. The van der Waals surface area contributed by atoms with Crippen LogP contribution in [0.25, 0.3) is 10.9 Å². The fourth-order valence-electron chi connectivity index (χ4n) is 2.94. The summed E-state index contributed by atoms with van der Waals surface area (Å²) < 4.78 is 5.25. The lowest BCUT2D eigenvalue weighted by Gasteiger charge is -2.07. The van der Waals surface area contributed by atoms with E-state index >= 15 is 0 Å². The van der Waals surface area contributed by atoms with E-state index in [2.05, 4.69) is 42.3 Å². The van der Waals surface area contributed by atoms with Crippen molar-refractivity contribution < 1.29 is 9.53 Å². The molecule has 0 aliphatic carbocycles. The number of ether oxygens (including phenoxy) is 1. The molecule has 1 aliphatic heterocycles. The van der Waals surface area contributed by atoms with Crippen LogP contribution < -0.4 is 5.32 Å². The Morgan fingerprint density at radius 2 is 2.29 bits per heavy atom. The SMILES string of the molecule is CCc1cc2[nH]c(CNC(=O)C3CCOC3)cc2cc1C. The van der Waals surface area contributed by atoms with Gasteiger partial charge in [0.2, 0.25) is 5.91 Å². The molecule has 1 fully saturated rings. The van der Waals surface area contributed by atoms with E-state index in [9.17, 15) is 4.79 Å². The van der Waals surface area contributed by atoms with Crippen LogP contribution in [0.15, 0.2) is 18.2 Å². The molecular formula is C17H22N2O2. The molecule has 1 unspecified atom stereocenters. The monoisotopic (exact) mass is 286 g/mol. The maximum absolute atomic E-state index is 12.0. The van der Waals surface area contributed by atoms with E-state index in [0.717, 1.165) is 24.1 Å². The molecule has 1 atom stereocenters.